The molecule has 0 unspecified atom stereocenters. The Balaban J connectivity index is 1.43. The highest BCUT2D eigenvalue weighted by molar-refractivity contribution is 5.99. The molecule has 0 spiro atoms. The Labute approximate surface area is 159 Å². The molecule has 2 heterocycles. The van der Waals surface area contributed by atoms with Crippen molar-refractivity contribution < 1.29 is 15.0 Å². The molecule has 5 nitrogen and oxygen atoms in total. The molecule has 0 aromatic heterocycles. The minimum Gasteiger partial charge on any atom is -0.387 e. The molecule has 1 amide bonds. The van der Waals surface area contributed by atoms with Crippen LogP contribution in [0.5, 0.6) is 0 Å². The second-order valence-corrected chi connectivity index (χ2v) is 7.76. The summed E-state index contributed by atoms with van der Waals surface area (Å²) in [5, 5.41) is 24.7. The monoisotopic (exact) mass is 366 g/mol. The first-order valence-corrected chi connectivity index (χ1v) is 9.59. The zero-order chi connectivity index (χ0) is 19.0. The minimum atomic E-state index is -0.790. The van der Waals surface area contributed by atoms with Crippen LogP contribution in [0, 0.1) is 0 Å². The Hall–Kier alpha value is -2.21. The summed E-state index contributed by atoms with van der Waals surface area (Å²) in [4.78, 5) is 13.8. The quantitative estimate of drug-likeness (QED) is 0.778. The number of nitrogens with one attached hydrogen (secondary N) is 1. The maximum absolute atomic E-state index is 11.5. The summed E-state index contributed by atoms with van der Waals surface area (Å²) in [6.07, 6.45) is 1.04. The van der Waals surface area contributed by atoms with Crippen molar-refractivity contribution in [3.8, 4) is 0 Å². The molecule has 0 saturated carbocycles. The number of piperidine rings is 1. The number of nitrogens with zero attached hydrogens (tertiary/aromatic N) is 1. The Bertz CT molecular complexity index is 829. The molecule has 3 N–H and O–H groups in total. The van der Waals surface area contributed by atoms with Gasteiger partial charge in [0.25, 0.3) is 0 Å². The zero-order valence-electron chi connectivity index (χ0n) is 15.6. The number of fused-ring (bicyclic) bond motifs is 1. The third-order valence-electron chi connectivity index (χ3n) is 6.07. The molecule has 0 aliphatic carbocycles. The average Bonchev–Trinajstić information content (AvgIpc) is 3.07. The number of aliphatic hydroxyl groups excluding tert-OH is 1. The summed E-state index contributed by atoms with van der Waals surface area (Å²) in [5.74, 6) is 0.000848. The molecule has 5 heteroatoms. The molecule has 0 radical (unpaired) electrons. The highest BCUT2D eigenvalue weighted by Gasteiger charge is 2.36. The van der Waals surface area contributed by atoms with Crippen LogP contribution >= 0.6 is 0 Å². The molecule has 2 atom stereocenters. The second kappa shape index (κ2) is 7.08. The molecule has 27 heavy (non-hydrogen) atoms. The molecule has 1 fully saturated rings. The molecule has 2 aromatic rings. The SMILES string of the molecule is C[C@@H]([C@@H](O)c1ccc2c(c1)CC(=O)N2)N1CCC(O)(c2ccccc2)CC1. The third-order valence-corrected chi connectivity index (χ3v) is 6.07. The number of carbonyl (C=O) groups is 1. The number of hydrogen-bond acceptors (Lipinski definition) is 4. The van der Waals surface area contributed by atoms with Gasteiger partial charge in [0.1, 0.15) is 0 Å². The van der Waals surface area contributed by atoms with E-state index >= 15 is 0 Å². The lowest BCUT2D eigenvalue weighted by molar-refractivity contribution is -0.115. The van der Waals surface area contributed by atoms with E-state index in [1.165, 1.54) is 0 Å². The highest BCUT2D eigenvalue weighted by atomic mass is 16.3. The van der Waals surface area contributed by atoms with Gasteiger partial charge in [-0.2, -0.15) is 0 Å². The van der Waals surface area contributed by atoms with E-state index in [4.69, 9.17) is 0 Å². The fourth-order valence-corrected chi connectivity index (χ4v) is 4.25. The van der Waals surface area contributed by atoms with E-state index < -0.39 is 11.7 Å². The summed E-state index contributed by atoms with van der Waals surface area (Å²) in [6.45, 7) is 3.48. The minimum absolute atomic E-state index is 0.000848. The van der Waals surface area contributed by atoms with E-state index in [0.29, 0.717) is 19.3 Å². The molecule has 2 aliphatic heterocycles. The second-order valence-electron chi connectivity index (χ2n) is 7.76. The van der Waals surface area contributed by atoms with Crippen LogP contribution in [0.25, 0.3) is 0 Å². The van der Waals surface area contributed by atoms with Crippen molar-refractivity contribution in [1.82, 2.24) is 4.90 Å². The van der Waals surface area contributed by atoms with Crippen LogP contribution in [0.2, 0.25) is 0 Å². The van der Waals surface area contributed by atoms with E-state index in [0.717, 1.165) is 35.5 Å². The van der Waals surface area contributed by atoms with Gasteiger partial charge < -0.3 is 15.5 Å². The van der Waals surface area contributed by atoms with Crippen LogP contribution in [0.3, 0.4) is 0 Å². The van der Waals surface area contributed by atoms with Gasteiger partial charge in [0.05, 0.1) is 18.1 Å². The van der Waals surface area contributed by atoms with Gasteiger partial charge in [-0.15, -0.1) is 0 Å². The first kappa shape index (κ1) is 18.2. The predicted octanol–water partition coefficient (Wildman–Crippen LogP) is 2.59. The average molecular weight is 366 g/mol. The fraction of sp³-hybridized carbons (Fsp3) is 0.409. The number of benzene rings is 2. The highest BCUT2D eigenvalue weighted by Crippen LogP contribution is 2.35. The third kappa shape index (κ3) is 3.50. The normalized spacial score (nSPS) is 21.4. The lowest BCUT2D eigenvalue weighted by Gasteiger charge is -2.42. The van der Waals surface area contributed by atoms with E-state index in [1.54, 1.807) is 0 Å². The van der Waals surface area contributed by atoms with Crippen molar-refractivity contribution in [2.45, 2.75) is 43.9 Å². The van der Waals surface area contributed by atoms with Gasteiger partial charge in [0.15, 0.2) is 0 Å². The van der Waals surface area contributed by atoms with E-state index in [-0.39, 0.29) is 11.9 Å². The molecule has 2 aromatic carbocycles. The molecular weight excluding hydrogens is 340 g/mol. The number of aliphatic hydroxyl groups is 2. The van der Waals surface area contributed by atoms with Crippen LogP contribution in [0.4, 0.5) is 5.69 Å². The van der Waals surface area contributed by atoms with E-state index in [2.05, 4.69) is 10.2 Å². The van der Waals surface area contributed by atoms with Gasteiger partial charge in [-0.1, -0.05) is 42.5 Å². The largest absolute Gasteiger partial charge is 0.387 e. The van der Waals surface area contributed by atoms with Crippen molar-refractivity contribution in [2.75, 3.05) is 18.4 Å². The lowest BCUT2D eigenvalue weighted by atomic mass is 9.83. The standard InChI is InChI=1S/C22H26N2O3/c1-15(21(26)16-7-8-19-17(13-16)14-20(25)23-19)24-11-9-22(27,10-12-24)18-5-3-2-4-6-18/h2-8,13,15,21,26-27H,9-12,14H2,1H3,(H,23,25)/t15-,21+/m0/s1. The zero-order valence-corrected chi connectivity index (χ0v) is 15.6. The Kier molecular flexibility index (Phi) is 4.76. The predicted molar refractivity (Wildman–Crippen MR) is 104 cm³/mol. The molecule has 142 valence electrons. The summed E-state index contributed by atoms with van der Waals surface area (Å²) in [6, 6.07) is 15.5. The lowest BCUT2D eigenvalue weighted by Crippen LogP contribution is -2.47. The van der Waals surface area contributed by atoms with Gasteiger partial charge in [0, 0.05) is 24.8 Å². The molecular formula is C22H26N2O3. The molecule has 4 rings (SSSR count). The molecule has 2 aliphatic rings. The van der Waals surface area contributed by atoms with Crippen molar-refractivity contribution in [3.05, 3.63) is 65.2 Å². The number of hydrogen-bond donors (Lipinski definition) is 3. The van der Waals surface area contributed by atoms with Gasteiger partial charge in [-0.05, 0) is 42.5 Å². The number of amides is 1. The summed E-state index contributed by atoms with van der Waals surface area (Å²) >= 11 is 0. The number of rotatable bonds is 4. The maximum atomic E-state index is 11.5. The van der Waals surface area contributed by atoms with Gasteiger partial charge >= 0.3 is 0 Å². The van der Waals surface area contributed by atoms with Crippen molar-refractivity contribution in [2.24, 2.45) is 0 Å². The Morgan fingerprint density at radius 1 is 1.11 bits per heavy atom. The first-order chi connectivity index (χ1) is 13.0. The van der Waals surface area contributed by atoms with Crippen LogP contribution < -0.4 is 5.32 Å². The van der Waals surface area contributed by atoms with Crippen molar-refractivity contribution in [3.63, 3.8) is 0 Å². The molecule has 1 saturated heterocycles. The van der Waals surface area contributed by atoms with Crippen molar-refractivity contribution >= 4 is 11.6 Å². The maximum Gasteiger partial charge on any atom is 0.228 e. The first-order valence-electron chi connectivity index (χ1n) is 9.59. The number of anilines is 1. The topological polar surface area (TPSA) is 72.8 Å². The smallest absolute Gasteiger partial charge is 0.228 e. The van der Waals surface area contributed by atoms with Crippen LogP contribution in [0.15, 0.2) is 48.5 Å². The fourth-order valence-electron chi connectivity index (χ4n) is 4.25. The van der Waals surface area contributed by atoms with Crippen molar-refractivity contribution in [1.29, 1.82) is 0 Å². The number of likely N-dealkylation sites (tertiary alicyclic amines) is 1. The summed E-state index contributed by atoms with van der Waals surface area (Å²) in [5.41, 5.74) is 2.80. The summed E-state index contributed by atoms with van der Waals surface area (Å²) in [7, 11) is 0. The van der Waals surface area contributed by atoms with Gasteiger partial charge in [0.2, 0.25) is 5.91 Å². The van der Waals surface area contributed by atoms with E-state index in [9.17, 15) is 15.0 Å². The van der Waals surface area contributed by atoms with E-state index in [1.807, 2.05) is 55.5 Å². The van der Waals surface area contributed by atoms with Gasteiger partial charge in [-0.25, -0.2) is 0 Å². The summed E-state index contributed by atoms with van der Waals surface area (Å²) < 4.78 is 0. The molecule has 0 bridgehead atoms. The van der Waals surface area contributed by atoms with Crippen LogP contribution in [0.1, 0.15) is 42.6 Å². The van der Waals surface area contributed by atoms with Crippen LogP contribution in [-0.2, 0) is 16.8 Å². The van der Waals surface area contributed by atoms with Gasteiger partial charge in [-0.3, -0.25) is 9.69 Å². The Morgan fingerprint density at radius 3 is 2.52 bits per heavy atom. The van der Waals surface area contributed by atoms with Crippen LogP contribution in [-0.4, -0.2) is 40.2 Å². The number of carbonyl (C=O) groups excluding carboxylic acids is 1. The Morgan fingerprint density at radius 2 is 1.81 bits per heavy atom.